The summed E-state index contributed by atoms with van der Waals surface area (Å²) in [6.45, 7) is 0.982. The molecule has 6 nitrogen and oxygen atoms in total. The number of rotatable bonds is 4. The van der Waals surface area contributed by atoms with E-state index < -0.39 is 23.6 Å². The minimum Gasteiger partial charge on any atom is -0.436 e. The highest BCUT2D eigenvalue weighted by molar-refractivity contribution is 7.10. The third kappa shape index (κ3) is 4.64. The minimum absolute atomic E-state index is 0.0539. The summed E-state index contributed by atoms with van der Waals surface area (Å²) in [5, 5.41) is 4.92. The van der Waals surface area contributed by atoms with Crippen molar-refractivity contribution in [3.63, 3.8) is 0 Å². The second-order valence-corrected chi connectivity index (χ2v) is 7.06. The van der Waals surface area contributed by atoms with Crippen LogP contribution in [0, 0.1) is 24.0 Å². The number of benzene rings is 1. The first-order valence-corrected chi connectivity index (χ1v) is 9.43. The van der Waals surface area contributed by atoms with Crippen molar-refractivity contribution in [1.82, 2.24) is 9.88 Å². The summed E-state index contributed by atoms with van der Waals surface area (Å²) < 4.78 is 31.1. The van der Waals surface area contributed by atoms with Crippen LogP contribution in [0.2, 0.25) is 0 Å². The Hall–Kier alpha value is -2.99. The molecule has 2 amide bonds. The number of ether oxygens (including phenoxy) is 1. The first-order chi connectivity index (χ1) is 13.5. The fourth-order valence-electron chi connectivity index (χ4n) is 2.85. The maximum absolute atomic E-state index is 13.2. The molecule has 146 valence electrons. The van der Waals surface area contributed by atoms with Crippen molar-refractivity contribution >= 4 is 29.0 Å². The quantitative estimate of drug-likeness (QED) is 0.789. The van der Waals surface area contributed by atoms with Crippen LogP contribution in [0.1, 0.15) is 34.3 Å². The van der Waals surface area contributed by atoms with Gasteiger partial charge in [-0.2, -0.15) is 0 Å². The van der Waals surface area contributed by atoms with Crippen molar-refractivity contribution in [2.45, 2.75) is 18.8 Å². The number of anilines is 1. The molecular weight excluding hydrogens is 388 g/mol. The van der Waals surface area contributed by atoms with Gasteiger partial charge in [0.15, 0.2) is 18.2 Å². The molecule has 0 unspecified atom stereocenters. The molecule has 1 aliphatic heterocycles. The molecule has 1 aliphatic rings. The van der Waals surface area contributed by atoms with Crippen LogP contribution in [0.3, 0.4) is 0 Å². The van der Waals surface area contributed by atoms with Gasteiger partial charge in [-0.25, -0.2) is 18.6 Å². The second-order valence-electron chi connectivity index (χ2n) is 6.17. The van der Waals surface area contributed by atoms with Crippen LogP contribution in [0.5, 0.6) is 0 Å². The number of carbonyl (C=O) groups is 2. The predicted molar refractivity (Wildman–Crippen MR) is 100 cm³/mol. The van der Waals surface area contributed by atoms with Crippen molar-refractivity contribution < 1.29 is 23.1 Å². The summed E-state index contributed by atoms with van der Waals surface area (Å²) in [5.41, 5.74) is 0.359. The minimum atomic E-state index is -1.04. The average molecular weight is 405 g/mol. The van der Waals surface area contributed by atoms with Gasteiger partial charge in [0.05, 0.1) is 5.01 Å². The van der Waals surface area contributed by atoms with Crippen LogP contribution in [-0.4, -0.2) is 41.6 Å². The van der Waals surface area contributed by atoms with E-state index in [4.69, 9.17) is 11.2 Å². The van der Waals surface area contributed by atoms with Gasteiger partial charge in [0, 0.05) is 36.1 Å². The molecule has 0 spiro atoms. The molecule has 1 aromatic heterocycles. The molecule has 1 fully saturated rings. The lowest BCUT2D eigenvalue weighted by Gasteiger charge is -2.30. The first kappa shape index (κ1) is 19.8. The monoisotopic (exact) mass is 405 g/mol. The van der Waals surface area contributed by atoms with E-state index in [9.17, 15) is 18.4 Å². The molecule has 1 aromatic carbocycles. The van der Waals surface area contributed by atoms with E-state index in [2.05, 4.69) is 16.2 Å². The summed E-state index contributed by atoms with van der Waals surface area (Å²) in [6, 6.07) is 3.13. The van der Waals surface area contributed by atoms with Crippen LogP contribution in [0.4, 0.5) is 19.3 Å². The fourth-order valence-corrected chi connectivity index (χ4v) is 3.82. The number of carbonyl (C=O) groups excluding carboxylic acids is 2. The van der Waals surface area contributed by atoms with Crippen LogP contribution in [0.15, 0.2) is 23.6 Å². The summed E-state index contributed by atoms with van der Waals surface area (Å²) in [7, 11) is 0. The Labute approximate surface area is 164 Å². The number of likely N-dealkylation sites (tertiary alicyclic amines) is 1. The molecule has 0 aliphatic carbocycles. The zero-order valence-corrected chi connectivity index (χ0v) is 15.6. The van der Waals surface area contributed by atoms with Crippen LogP contribution < -0.4 is 5.32 Å². The smallest absolute Gasteiger partial charge is 0.410 e. The second kappa shape index (κ2) is 8.80. The predicted octanol–water partition coefficient (Wildman–Crippen LogP) is 3.62. The van der Waals surface area contributed by atoms with Crippen LogP contribution in [0.25, 0.3) is 0 Å². The molecule has 1 N–H and O–H groups in total. The molecule has 0 saturated carbocycles. The summed E-state index contributed by atoms with van der Waals surface area (Å²) in [4.78, 5) is 30.0. The summed E-state index contributed by atoms with van der Waals surface area (Å²) >= 11 is 1.36. The topological polar surface area (TPSA) is 71.5 Å². The molecule has 2 heterocycles. The van der Waals surface area contributed by atoms with E-state index in [0.717, 1.165) is 17.1 Å². The van der Waals surface area contributed by atoms with Crippen molar-refractivity contribution in [3.8, 4) is 12.3 Å². The van der Waals surface area contributed by atoms with Crippen molar-refractivity contribution in [2.24, 2.45) is 0 Å². The van der Waals surface area contributed by atoms with E-state index in [1.165, 1.54) is 17.4 Å². The molecule has 2 aromatic rings. The van der Waals surface area contributed by atoms with Gasteiger partial charge in [0.1, 0.15) is 5.69 Å². The van der Waals surface area contributed by atoms with Gasteiger partial charge in [-0.05, 0) is 25.0 Å². The van der Waals surface area contributed by atoms with Crippen LogP contribution >= 0.6 is 11.3 Å². The molecular formula is C19H17F2N3O3S. The van der Waals surface area contributed by atoms with Crippen molar-refractivity contribution in [2.75, 3.05) is 25.0 Å². The third-order valence-corrected chi connectivity index (χ3v) is 5.32. The van der Waals surface area contributed by atoms with Gasteiger partial charge in [-0.15, -0.1) is 17.8 Å². The molecule has 0 bridgehead atoms. The standard InChI is InChI=1S/C19H17F2N3O3S/c1-2-9-27-19(26)24-7-5-12(6-8-24)18-23-16(11-28-18)17(25)22-13-3-4-14(20)15(21)10-13/h1,3-4,10-12H,5-9H2,(H,22,25). The van der Waals surface area contributed by atoms with Gasteiger partial charge < -0.3 is 15.0 Å². The lowest BCUT2D eigenvalue weighted by atomic mass is 9.98. The summed E-state index contributed by atoms with van der Waals surface area (Å²) in [6.07, 6.45) is 6.04. The van der Waals surface area contributed by atoms with Gasteiger partial charge in [-0.1, -0.05) is 5.92 Å². The number of nitrogens with one attached hydrogen (secondary N) is 1. The Kier molecular flexibility index (Phi) is 6.21. The molecule has 0 radical (unpaired) electrons. The Morgan fingerprint density at radius 3 is 2.75 bits per heavy atom. The number of amides is 2. The summed E-state index contributed by atoms with van der Waals surface area (Å²) in [5.74, 6) is -0.133. The third-order valence-electron chi connectivity index (χ3n) is 4.31. The van der Waals surface area contributed by atoms with Crippen molar-refractivity contribution in [3.05, 3.63) is 45.9 Å². The van der Waals surface area contributed by atoms with E-state index in [1.54, 1.807) is 10.3 Å². The number of terminal acetylenes is 1. The highest BCUT2D eigenvalue weighted by atomic mass is 32.1. The highest BCUT2D eigenvalue weighted by Crippen LogP contribution is 2.30. The van der Waals surface area contributed by atoms with Gasteiger partial charge >= 0.3 is 6.09 Å². The van der Waals surface area contributed by atoms with Gasteiger partial charge in [0.25, 0.3) is 5.91 Å². The number of aromatic nitrogens is 1. The Morgan fingerprint density at radius 1 is 1.32 bits per heavy atom. The number of hydrogen-bond donors (Lipinski definition) is 1. The molecule has 0 atom stereocenters. The molecule has 9 heteroatoms. The maximum Gasteiger partial charge on any atom is 0.410 e. The Bertz CT molecular complexity index is 917. The first-order valence-electron chi connectivity index (χ1n) is 8.55. The van der Waals surface area contributed by atoms with E-state index >= 15 is 0 Å². The maximum atomic E-state index is 13.2. The zero-order chi connectivity index (χ0) is 20.1. The largest absolute Gasteiger partial charge is 0.436 e. The number of hydrogen-bond acceptors (Lipinski definition) is 5. The normalized spacial score (nSPS) is 14.4. The number of halogens is 2. The number of nitrogens with zero attached hydrogens (tertiary/aromatic N) is 2. The zero-order valence-electron chi connectivity index (χ0n) is 14.8. The lowest BCUT2D eigenvalue weighted by molar-refractivity contribution is 0.102. The molecule has 3 rings (SSSR count). The van der Waals surface area contributed by atoms with Gasteiger partial charge in [-0.3, -0.25) is 4.79 Å². The SMILES string of the molecule is C#CCOC(=O)N1CCC(c2nc(C(=O)Nc3ccc(F)c(F)c3)cs2)CC1. The van der Waals surface area contributed by atoms with Gasteiger partial charge in [0.2, 0.25) is 0 Å². The Balaban J connectivity index is 1.57. The van der Waals surface area contributed by atoms with Crippen LogP contribution in [-0.2, 0) is 4.74 Å². The molecule has 28 heavy (non-hydrogen) atoms. The highest BCUT2D eigenvalue weighted by Gasteiger charge is 2.27. The van der Waals surface area contributed by atoms with Crippen molar-refractivity contribution in [1.29, 1.82) is 0 Å². The Morgan fingerprint density at radius 2 is 2.07 bits per heavy atom. The molecule has 1 saturated heterocycles. The fraction of sp³-hybridized carbons (Fsp3) is 0.316. The number of thiazole rings is 1. The van der Waals surface area contributed by atoms with E-state index in [0.29, 0.717) is 25.9 Å². The number of piperidine rings is 1. The van der Waals surface area contributed by atoms with E-state index in [1.807, 2.05) is 0 Å². The lowest BCUT2D eigenvalue weighted by Crippen LogP contribution is -2.38. The average Bonchev–Trinajstić information content (AvgIpc) is 3.19. The van der Waals surface area contributed by atoms with E-state index in [-0.39, 0.29) is 23.9 Å².